The summed E-state index contributed by atoms with van der Waals surface area (Å²) < 4.78 is 40.6. The number of nitrogens with one attached hydrogen (secondary N) is 1. The predicted octanol–water partition coefficient (Wildman–Crippen LogP) is 4.79. The van der Waals surface area contributed by atoms with Crippen LogP contribution < -0.4 is 19.1 Å². The first kappa shape index (κ1) is 43.8. The van der Waals surface area contributed by atoms with Crippen LogP contribution in [-0.4, -0.2) is 130 Å². The second-order valence-electron chi connectivity index (χ2n) is 18.6. The maximum atomic E-state index is 14.9. The fourth-order valence-electron chi connectivity index (χ4n) is 10.6. The minimum Gasteiger partial charge on any atom is -0.490 e. The molecule has 3 aromatic rings. The normalized spacial score (nSPS) is 30.7. The second-order valence-corrected chi connectivity index (χ2v) is 21.0. The number of hydrogen-bond acceptors (Lipinski definition) is 11. The quantitative estimate of drug-likeness (QED) is 0.327. The molecule has 2 aliphatic carbocycles. The lowest BCUT2D eigenvalue weighted by molar-refractivity contribution is -0.143. The van der Waals surface area contributed by atoms with Crippen LogP contribution in [0.5, 0.6) is 11.6 Å². The molecule has 1 spiro atoms. The number of allylic oxidation sites excluding steroid dienone is 1. The van der Waals surface area contributed by atoms with Crippen LogP contribution in [-0.2, 0) is 38.3 Å². The number of piperazine rings is 1. The van der Waals surface area contributed by atoms with E-state index < -0.39 is 32.7 Å². The first-order chi connectivity index (χ1) is 30.2. The summed E-state index contributed by atoms with van der Waals surface area (Å²) in [5, 5.41) is 17.7. The Hall–Kier alpha value is -4.48. The fourth-order valence-corrected chi connectivity index (χ4v) is 12.7. The van der Waals surface area contributed by atoms with Gasteiger partial charge in [0.25, 0.3) is 11.8 Å². The molecule has 15 nitrogen and oxygen atoms in total. The molecule has 2 aromatic carbocycles. The molecule has 3 fully saturated rings. The van der Waals surface area contributed by atoms with Crippen molar-refractivity contribution in [3.8, 4) is 11.6 Å². The van der Waals surface area contributed by atoms with Gasteiger partial charge in [0, 0.05) is 68.5 Å². The van der Waals surface area contributed by atoms with E-state index in [0.717, 1.165) is 58.4 Å². The largest absolute Gasteiger partial charge is 0.490 e. The number of methoxy groups -OCH3 is 1. The van der Waals surface area contributed by atoms with Crippen LogP contribution >= 0.6 is 11.6 Å². The summed E-state index contributed by atoms with van der Waals surface area (Å²) in [6.07, 6.45) is 9.73. The zero-order valence-corrected chi connectivity index (χ0v) is 37.9. The highest BCUT2D eigenvalue weighted by atomic mass is 35.5. The zero-order valence-electron chi connectivity index (χ0n) is 36.3. The van der Waals surface area contributed by atoms with E-state index in [0.29, 0.717) is 61.7 Å². The van der Waals surface area contributed by atoms with E-state index in [2.05, 4.69) is 36.1 Å². The van der Waals surface area contributed by atoms with E-state index in [1.54, 1.807) is 31.3 Å². The SMILES string of the molecule is COc1nn(C)cc1C(=O)NS1(=O)=NC(=O)c2ccc3c(c2)N(C[C@@H]2CC[C@H]2[C@@](O)(CC(=O)N2CCN(C4COC4)CC2)/C=C\C[C@H](C)C1)C[C@@]1(CCCc2cc(Cl)ccc21)CO3. The number of carbonyl (C=O) groups is 3. The molecule has 338 valence electrons. The first-order valence-corrected chi connectivity index (χ1v) is 24.3. The van der Waals surface area contributed by atoms with Gasteiger partial charge in [0.1, 0.15) is 21.2 Å². The Morgan fingerprint density at radius 3 is 2.65 bits per heavy atom. The number of amides is 3. The molecule has 2 bridgehead atoms. The van der Waals surface area contributed by atoms with Gasteiger partial charge in [-0.3, -0.25) is 28.7 Å². The van der Waals surface area contributed by atoms with Crippen molar-refractivity contribution in [2.45, 2.75) is 68.9 Å². The molecule has 1 aromatic heterocycles. The summed E-state index contributed by atoms with van der Waals surface area (Å²) >= 11 is 6.52. The van der Waals surface area contributed by atoms with E-state index in [9.17, 15) is 23.7 Å². The van der Waals surface area contributed by atoms with Crippen molar-refractivity contribution in [2.75, 3.05) is 76.9 Å². The monoisotopic (exact) mass is 903 g/mol. The predicted molar refractivity (Wildman–Crippen MR) is 239 cm³/mol. The van der Waals surface area contributed by atoms with Gasteiger partial charge in [-0.2, -0.15) is 0 Å². The number of aryl methyl sites for hydroxylation is 2. The van der Waals surface area contributed by atoms with Gasteiger partial charge < -0.3 is 29.1 Å². The Balaban J connectivity index is 1.09. The first-order valence-electron chi connectivity index (χ1n) is 22.2. The van der Waals surface area contributed by atoms with Crippen LogP contribution in [0.2, 0.25) is 5.02 Å². The van der Waals surface area contributed by atoms with Crippen LogP contribution in [0.1, 0.15) is 77.3 Å². The molecule has 2 saturated heterocycles. The van der Waals surface area contributed by atoms with E-state index in [1.807, 2.05) is 24.0 Å². The lowest BCUT2D eigenvalue weighted by Crippen LogP contribution is -2.58. The van der Waals surface area contributed by atoms with Crippen molar-refractivity contribution in [3.63, 3.8) is 0 Å². The number of aromatic nitrogens is 2. The smallest absolute Gasteiger partial charge is 0.286 e. The van der Waals surface area contributed by atoms with Gasteiger partial charge in [-0.15, -0.1) is 9.46 Å². The fraction of sp³-hybridized carbons (Fsp3) is 0.565. The number of nitrogens with zero attached hydrogens (tertiary/aromatic N) is 6. The van der Waals surface area contributed by atoms with Crippen LogP contribution in [0.15, 0.2) is 59.1 Å². The number of aliphatic hydroxyl groups is 1. The molecule has 17 heteroatoms. The van der Waals surface area contributed by atoms with E-state index in [-0.39, 0.29) is 52.8 Å². The average molecular weight is 905 g/mol. The minimum absolute atomic E-state index is 0.0204. The van der Waals surface area contributed by atoms with Crippen LogP contribution in [0.4, 0.5) is 5.69 Å². The minimum atomic E-state index is -3.75. The molecular formula is C46H58ClN7O8S. The zero-order chi connectivity index (χ0) is 44.1. The Kier molecular flexibility index (Phi) is 12.1. The molecule has 9 rings (SSSR count). The Labute approximate surface area is 374 Å². The highest BCUT2D eigenvalue weighted by molar-refractivity contribution is 7.92. The summed E-state index contributed by atoms with van der Waals surface area (Å²) in [5.74, 6) is -1.65. The maximum absolute atomic E-state index is 14.9. The number of fused-ring (bicyclic) bond motifs is 4. The molecule has 4 aliphatic heterocycles. The van der Waals surface area contributed by atoms with Crippen molar-refractivity contribution in [2.24, 2.45) is 29.2 Å². The Morgan fingerprint density at radius 2 is 1.92 bits per heavy atom. The number of benzene rings is 2. The van der Waals surface area contributed by atoms with E-state index >= 15 is 0 Å². The van der Waals surface area contributed by atoms with Gasteiger partial charge in [-0.05, 0) is 97.7 Å². The van der Waals surface area contributed by atoms with Crippen molar-refractivity contribution < 1.29 is 37.9 Å². The van der Waals surface area contributed by atoms with Crippen molar-refractivity contribution in [1.82, 2.24) is 24.3 Å². The molecule has 5 heterocycles. The number of anilines is 1. The molecule has 0 radical (unpaired) electrons. The molecule has 2 N–H and O–H groups in total. The lowest BCUT2D eigenvalue weighted by atomic mass is 9.63. The van der Waals surface area contributed by atoms with Crippen LogP contribution in [0.25, 0.3) is 0 Å². The van der Waals surface area contributed by atoms with Gasteiger partial charge in [0.15, 0.2) is 0 Å². The van der Waals surface area contributed by atoms with Crippen LogP contribution in [0, 0.1) is 17.8 Å². The molecule has 3 amide bonds. The van der Waals surface area contributed by atoms with E-state index in [4.69, 9.17) is 25.8 Å². The number of ether oxygens (including phenoxy) is 3. The van der Waals surface area contributed by atoms with Crippen molar-refractivity contribution in [1.29, 1.82) is 0 Å². The summed E-state index contributed by atoms with van der Waals surface area (Å²) in [6, 6.07) is 11.7. The van der Waals surface area contributed by atoms with Gasteiger partial charge in [-0.1, -0.05) is 36.7 Å². The van der Waals surface area contributed by atoms with E-state index in [1.165, 1.54) is 29.1 Å². The molecule has 6 atom stereocenters. The molecule has 1 unspecified atom stereocenters. The molecule has 63 heavy (non-hydrogen) atoms. The Morgan fingerprint density at radius 1 is 1.11 bits per heavy atom. The highest BCUT2D eigenvalue weighted by Crippen LogP contribution is 2.49. The summed E-state index contributed by atoms with van der Waals surface area (Å²) in [5.41, 5.74) is 1.48. The number of carbonyl (C=O) groups excluding carboxylic acids is 3. The third kappa shape index (κ3) is 8.85. The third-order valence-corrected chi connectivity index (χ3v) is 16.4. The van der Waals surface area contributed by atoms with Crippen molar-refractivity contribution in [3.05, 3.63) is 82.0 Å². The topological polar surface area (TPSA) is 168 Å². The average Bonchev–Trinajstić information content (AvgIpc) is 3.53. The third-order valence-electron chi connectivity index (χ3n) is 14.2. The number of halogens is 1. The highest BCUT2D eigenvalue weighted by Gasteiger charge is 2.49. The van der Waals surface area contributed by atoms with Gasteiger partial charge in [-0.25, -0.2) is 4.21 Å². The lowest BCUT2D eigenvalue weighted by Gasteiger charge is -2.49. The summed E-state index contributed by atoms with van der Waals surface area (Å²) in [6.45, 7) is 7.56. The molecule has 6 aliphatic rings. The number of hydrogen-bond donors (Lipinski definition) is 2. The van der Waals surface area contributed by atoms with Crippen molar-refractivity contribution >= 4 is 44.9 Å². The summed E-state index contributed by atoms with van der Waals surface area (Å²) in [4.78, 5) is 48.7. The molecule has 1 saturated carbocycles. The Bertz CT molecular complexity index is 2420. The molecular weight excluding hydrogens is 846 g/mol. The number of rotatable bonds is 6. The van der Waals surface area contributed by atoms with Gasteiger partial charge in [0.05, 0.1) is 56.4 Å². The standard InChI is InChI=1S/C46H58ClN7O8S/c1-30-6-4-15-46(58,22-41(55)53-18-16-52(17-19-53)35-25-61-26-35)38-11-8-33(38)23-54-28-45(14-5-7-31-20-34(47)10-12-37(31)45)29-62-40-13-9-32(21-39(40)54)42(56)49-63(59,27-30)50-43(57)36-24-51(2)48-44(36)60-3/h4,9-10,12-13,15,20-21,24,30,33,35,38,58H,5-8,11,14,16-19,22-23,25-29H2,1-3H3,(H,49,50,56,57,59)/b15-4-/t30-,33-,38+,45-,46-,63?/m0/s1. The van der Waals surface area contributed by atoms with Gasteiger partial charge in [0.2, 0.25) is 11.8 Å². The summed E-state index contributed by atoms with van der Waals surface area (Å²) in [7, 11) is -0.729. The van der Waals surface area contributed by atoms with Crippen LogP contribution in [0.3, 0.4) is 0 Å². The second kappa shape index (κ2) is 17.5. The maximum Gasteiger partial charge on any atom is 0.286 e. The van der Waals surface area contributed by atoms with Gasteiger partial charge >= 0.3 is 0 Å².